The lowest BCUT2D eigenvalue weighted by Crippen LogP contribution is -2.27. The average Bonchev–Trinajstić information content (AvgIpc) is 3.35. The van der Waals surface area contributed by atoms with Gasteiger partial charge in [-0.05, 0) is 54.2 Å². The highest BCUT2D eigenvalue weighted by molar-refractivity contribution is 5.96. The predicted octanol–water partition coefficient (Wildman–Crippen LogP) is 3.52. The Labute approximate surface area is 163 Å². The molecule has 4 rings (SSSR count). The molecule has 1 heterocycles. The van der Waals surface area contributed by atoms with Crippen molar-refractivity contribution in [3.05, 3.63) is 70.1 Å². The van der Waals surface area contributed by atoms with Crippen LogP contribution in [0.5, 0.6) is 0 Å². The third-order valence-electron chi connectivity index (χ3n) is 5.28. The summed E-state index contributed by atoms with van der Waals surface area (Å²) in [7, 11) is 0. The van der Waals surface area contributed by atoms with Gasteiger partial charge in [0.05, 0.1) is 12.6 Å². The van der Waals surface area contributed by atoms with Gasteiger partial charge in [-0.2, -0.15) is 4.98 Å². The number of nitrogens with zero attached hydrogens (tertiary/aromatic N) is 2. The molecular weight excluding hydrogens is 354 g/mol. The molecule has 1 atom stereocenters. The number of amides is 1. The topological polar surface area (TPSA) is 88.2 Å². The Kier molecular flexibility index (Phi) is 4.96. The molecule has 0 aliphatic heterocycles. The van der Waals surface area contributed by atoms with Crippen LogP contribution in [0.3, 0.4) is 0 Å². The summed E-state index contributed by atoms with van der Waals surface area (Å²) in [5.74, 6) is 1.12. The van der Waals surface area contributed by atoms with Crippen LogP contribution < -0.4 is 5.32 Å². The zero-order valence-electron chi connectivity index (χ0n) is 16.0. The standard InChI is InChI=1S/C22H23N3O3/c1-3-20-24-21(25-28-20)16-6-8-17-15(11-16)7-9-19(17)23-22(27)18-10-14(12-26)5-4-13(18)2/h4-6,8,10-11,19,26H,3,7,9,12H2,1-2H3,(H,23,27). The molecule has 0 radical (unpaired) electrons. The highest BCUT2D eigenvalue weighted by Gasteiger charge is 2.25. The second-order valence-corrected chi connectivity index (χ2v) is 7.15. The van der Waals surface area contributed by atoms with E-state index < -0.39 is 0 Å². The number of aromatic nitrogens is 2. The molecule has 2 aromatic carbocycles. The molecule has 1 aromatic heterocycles. The van der Waals surface area contributed by atoms with Crippen LogP contribution in [0, 0.1) is 6.92 Å². The molecule has 28 heavy (non-hydrogen) atoms. The van der Waals surface area contributed by atoms with E-state index in [0.717, 1.165) is 35.1 Å². The molecule has 6 nitrogen and oxygen atoms in total. The van der Waals surface area contributed by atoms with Crippen LogP contribution in [0.25, 0.3) is 11.4 Å². The van der Waals surface area contributed by atoms with Crippen LogP contribution in [-0.2, 0) is 19.4 Å². The zero-order valence-corrected chi connectivity index (χ0v) is 16.0. The summed E-state index contributed by atoms with van der Waals surface area (Å²) in [5.41, 5.74) is 5.50. The molecule has 1 aliphatic rings. The number of hydrogen-bond acceptors (Lipinski definition) is 5. The van der Waals surface area contributed by atoms with Gasteiger partial charge in [-0.3, -0.25) is 4.79 Å². The highest BCUT2D eigenvalue weighted by atomic mass is 16.5. The van der Waals surface area contributed by atoms with Crippen molar-refractivity contribution in [2.75, 3.05) is 0 Å². The highest BCUT2D eigenvalue weighted by Crippen LogP contribution is 2.34. The van der Waals surface area contributed by atoms with Crippen LogP contribution in [-0.4, -0.2) is 21.2 Å². The summed E-state index contributed by atoms with van der Waals surface area (Å²) in [6.45, 7) is 3.80. The van der Waals surface area contributed by atoms with E-state index in [1.807, 2.05) is 38.1 Å². The smallest absolute Gasteiger partial charge is 0.252 e. The number of carbonyl (C=O) groups excluding carboxylic acids is 1. The van der Waals surface area contributed by atoms with Crippen LogP contribution in [0.4, 0.5) is 0 Å². The van der Waals surface area contributed by atoms with Gasteiger partial charge in [-0.1, -0.05) is 36.3 Å². The van der Waals surface area contributed by atoms with E-state index in [9.17, 15) is 9.90 Å². The quantitative estimate of drug-likeness (QED) is 0.710. The van der Waals surface area contributed by atoms with Crippen molar-refractivity contribution in [1.82, 2.24) is 15.5 Å². The maximum atomic E-state index is 12.8. The maximum Gasteiger partial charge on any atom is 0.252 e. The fourth-order valence-corrected chi connectivity index (χ4v) is 3.67. The van der Waals surface area contributed by atoms with Gasteiger partial charge in [0.15, 0.2) is 0 Å². The van der Waals surface area contributed by atoms with E-state index in [-0.39, 0.29) is 18.6 Å². The minimum atomic E-state index is -0.111. The normalized spacial score (nSPS) is 15.5. The SMILES string of the molecule is CCc1nc(-c2ccc3c(c2)CCC3NC(=O)c2cc(CO)ccc2C)no1. The average molecular weight is 377 g/mol. The largest absolute Gasteiger partial charge is 0.392 e. The van der Waals surface area contributed by atoms with E-state index in [4.69, 9.17) is 4.52 Å². The van der Waals surface area contributed by atoms with E-state index in [0.29, 0.717) is 23.7 Å². The minimum Gasteiger partial charge on any atom is -0.392 e. The molecule has 3 aromatic rings. The number of nitrogens with one attached hydrogen (secondary N) is 1. The molecular formula is C22H23N3O3. The number of carbonyl (C=O) groups is 1. The molecule has 2 N–H and O–H groups in total. The Morgan fingerprint density at radius 1 is 1.29 bits per heavy atom. The fraction of sp³-hybridized carbons (Fsp3) is 0.318. The number of aryl methyl sites for hydroxylation is 3. The van der Waals surface area contributed by atoms with Crippen LogP contribution in [0.2, 0.25) is 0 Å². The third kappa shape index (κ3) is 3.43. The first-order chi connectivity index (χ1) is 13.6. The van der Waals surface area contributed by atoms with E-state index >= 15 is 0 Å². The second-order valence-electron chi connectivity index (χ2n) is 7.15. The Morgan fingerprint density at radius 3 is 2.89 bits per heavy atom. The van der Waals surface area contributed by atoms with E-state index in [2.05, 4.69) is 21.5 Å². The van der Waals surface area contributed by atoms with Gasteiger partial charge in [0.25, 0.3) is 5.91 Å². The lowest BCUT2D eigenvalue weighted by Gasteiger charge is -2.16. The molecule has 1 aliphatic carbocycles. The summed E-state index contributed by atoms with van der Waals surface area (Å²) in [5, 5.41) is 16.5. The second kappa shape index (κ2) is 7.56. The third-order valence-corrected chi connectivity index (χ3v) is 5.28. The zero-order chi connectivity index (χ0) is 19.7. The number of hydrogen-bond donors (Lipinski definition) is 2. The summed E-state index contributed by atoms with van der Waals surface area (Å²) in [4.78, 5) is 17.2. The lowest BCUT2D eigenvalue weighted by atomic mass is 10.0. The van der Waals surface area contributed by atoms with Crippen molar-refractivity contribution in [1.29, 1.82) is 0 Å². The predicted molar refractivity (Wildman–Crippen MR) is 105 cm³/mol. The van der Waals surface area contributed by atoms with E-state index in [1.165, 1.54) is 5.56 Å². The number of rotatable bonds is 5. The van der Waals surface area contributed by atoms with Crippen molar-refractivity contribution in [2.24, 2.45) is 0 Å². The molecule has 0 saturated heterocycles. The Bertz CT molecular complexity index is 1030. The van der Waals surface area contributed by atoms with E-state index in [1.54, 1.807) is 6.07 Å². The van der Waals surface area contributed by atoms with Crippen molar-refractivity contribution < 1.29 is 14.4 Å². The summed E-state index contributed by atoms with van der Waals surface area (Å²) in [6, 6.07) is 11.5. The summed E-state index contributed by atoms with van der Waals surface area (Å²) < 4.78 is 5.20. The van der Waals surface area contributed by atoms with Crippen molar-refractivity contribution in [3.8, 4) is 11.4 Å². The molecule has 0 spiro atoms. The first-order valence-corrected chi connectivity index (χ1v) is 9.56. The monoisotopic (exact) mass is 377 g/mol. The Morgan fingerprint density at radius 2 is 2.14 bits per heavy atom. The number of aliphatic hydroxyl groups excluding tert-OH is 1. The van der Waals surface area contributed by atoms with Gasteiger partial charge >= 0.3 is 0 Å². The lowest BCUT2D eigenvalue weighted by molar-refractivity contribution is 0.0936. The fourth-order valence-electron chi connectivity index (χ4n) is 3.67. The van der Waals surface area contributed by atoms with Crippen molar-refractivity contribution in [2.45, 2.75) is 45.8 Å². The Balaban J connectivity index is 1.54. The molecule has 6 heteroatoms. The minimum absolute atomic E-state index is 0.0230. The van der Waals surface area contributed by atoms with Gasteiger partial charge in [0.1, 0.15) is 0 Å². The molecule has 0 saturated carbocycles. The van der Waals surface area contributed by atoms with Crippen molar-refractivity contribution in [3.63, 3.8) is 0 Å². The van der Waals surface area contributed by atoms with Crippen LogP contribution in [0.1, 0.15) is 57.9 Å². The van der Waals surface area contributed by atoms with Gasteiger partial charge < -0.3 is 14.9 Å². The first-order valence-electron chi connectivity index (χ1n) is 9.56. The molecule has 0 bridgehead atoms. The summed E-state index contributed by atoms with van der Waals surface area (Å²) in [6.07, 6.45) is 2.46. The first kappa shape index (κ1) is 18.4. The van der Waals surface area contributed by atoms with Gasteiger partial charge in [-0.15, -0.1) is 0 Å². The molecule has 0 fully saturated rings. The van der Waals surface area contributed by atoms with Gasteiger partial charge in [-0.25, -0.2) is 0 Å². The molecule has 1 amide bonds. The summed E-state index contributed by atoms with van der Waals surface area (Å²) >= 11 is 0. The van der Waals surface area contributed by atoms with Crippen LogP contribution >= 0.6 is 0 Å². The van der Waals surface area contributed by atoms with Gasteiger partial charge in [0.2, 0.25) is 11.7 Å². The van der Waals surface area contributed by atoms with Crippen molar-refractivity contribution >= 4 is 5.91 Å². The number of fused-ring (bicyclic) bond motifs is 1. The molecule has 1 unspecified atom stereocenters. The van der Waals surface area contributed by atoms with Gasteiger partial charge in [0, 0.05) is 17.5 Å². The molecule has 144 valence electrons. The number of aliphatic hydroxyl groups is 1. The maximum absolute atomic E-state index is 12.8. The van der Waals surface area contributed by atoms with Crippen LogP contribution in [0.15, 0.2) is 40.9 Å². The Hall–Kier alpha value is -2.99. The number of benzene rings is 2.